The third-order valence-corrected chi connectivity index (χ3v) is 9.65. The van der Waals surface area contributed by atoms with Gasteiger partial charge in [-0.05, 0) is 89.0 Å². The zero-order valence-corrected chi connectivity index (χ0v) is 24.0. The maximum atomic E-state index is 13.3. The van der Waals surface area contributed by atoms with E-state index in [0.29, 0.717) is 37.6 Å². The molecule has 38 heavy (non-hydrogen) atoms. The molecular weight excluding hydrogens is 479 g/mol. The Balaban J connectivity index is 1.23. The lowest BCUT2D eigenvalue weighted by Gasteiger charge is -2.64. The number of hydrogen-bond donors (Lipinski definition) is 1. The molecule has 2 aliphatic heterocycles. The van der Waals surface area contributed by atoms with Crippen molar-refractivity contribution < 1.29 is 23.6 Å². The van der Waals surface area contributed by atoms with E-state index < -0.39 is 12.7 Å². The van der Waals surface area contributed by atoms with Gasteiger partial charge in [0, 0.05) is 19.0 Å². The first-order chi connectivity index (χ1) is 17.9. The van der Waals surface area contributed by atoms with E-state index in [1.807, 2.05) is 39.0 Å². The van der Waals surface area contributed by atoms with Crippen molar-refractivity contribution in [1.29, 1.82) is 0 Å². The number of carbonyl (C=O) groups is 2. The van der Waals surface area contributed by atoms with Gasteiger partial charge in [0.15, 0.2) is 0 Å². The summed E-state index contributed by atoms with van der Waals surface area (Å²) in [6, 6.07) is 10.2. The van der Waals surface area contributed by atoms with Gasteiger partial charge in [-0.1, -0.05) is 44.2 Å². The van der Waals surface area contributed by atoms with Crippen molar-refractivity contribution in [2.24, 2.45) is 17.3 Å². The zero-order chi connectivity index (χ0) is 27.3. The predicted octanol–water partition coefficient (Wildman–Crippen LogP) is 5.16. The van der Waals surface area contributed by atoms with E-state index in [4.69, 9.17) is 14.0 Å². The van der Waals surface area contributed by atoms with Crippen LogP contribution in [0.25, 0.3) is 0 Å². The van der Waals surface area contributed by atoms with Crippen LogP contribution in [0.5, 0.6) is 0 Å². The van der Waals surface area contributed by atoms with Crippen LogP contribution in [-0.2, 0) is 25.3 Å². The molecule has 8 heteroatoms. The first kappa shape index (κ1) is 27.5. The van der Waals surface area contributed by atoms with Crippen LogP contribution in [0.15, 0.2) is 30.3 Å². The lowest BCUT2D eigenvalue weighted by Crippen LogP contribution is -2.65. The van der Waals surface area contributed by atoms with Gasteiger partial charge in [0.25, 0.3) is 0 Å². The Morgan fingerprint density at radius 3 is 2.61 bits per heavy atom. The minimum absolute atomic E-state index is 0.0259. The van der Waals surface area contributed by atoms with Crippen molar-refractivity contribution in [2.45, 2.75) is 116 Å². The maximum Gasteiger partial charge on any atom is 0.482 e. The number of nitrogens with one attached hydrogen (secondary N) is 1. The van der Waals surface area contributed by atoms with Crippen LogP contribution in [0.2, 0.25) is 0 Å². The topological polar surface area (TPSA) is 77.1 Å². The number of benzene rings is 1. The standard InChI is InChI=1S/C30H45BN2O5/c1-28(2,3)36-27(35)33-16-10-13-22(33)14-15-26(34)32-25(17-20-11-8-7-9-12-20)31-37-24-19-21-18-23(29(21,4)5)30(24,6)38-31/h7-9,11-12,21-25H,10,13-19H2,1-6H3,(H,32,34)/t21-,22?,23-,24+,25-,30-/m0/s1. The molecule has 0 spiro atoms. The fraction of sp³-hybridized carbons (Fsp3) is 0.733. The number of amides is 2. The SMILES string of the molecule is CC(C)(C)OC(=O)N1CCCC1CCC(=O)N[C@@H](Cc1ccccc1)B1O[C@@H]2C[C@@H]3C[C@@H](C3(C)C)[C@]2(C)O1. The Labute approximate surface area is 228 Å². The average Bonchev–Trinajstić information content (AvgIpc) is 3.45. The third kappa shape index (κ3) is 5.36. The van der Waals surface area contributed by atoms with Gasteiger partial charge in [0.1, 0.15) is 5.60 Å². The summed E-state index contributed by atoms with van der Waals surface area (Å²) in [5.41, 5.74) is 0.557. The molecule has 2 saturated heterocycles. The van der Waals surface area contributed by atoms with Gasteiger partial charge >= 0.3 is 13.2 Å². The third-order valence-electron chi connectivity index (χ3n) is 9.65. The second kappa shape index (κ2) is 10.2. The molecule has 208 valence electrons. The molecule has 2 heterocycles. The molecule has 6 rings (SSSR count). The monoisotopic (exact) mass is 524 g/mol. The van der Waals surface area contributed by atoms with E-state index in [2.05, 4.69) is 38.2 Å². The van der Waals surface area contributed by atoms with Crippen LogP contribution >= 0.6 is 0 Å². The quantitative estimate of drug-likeness (QED) is 0.499. The molecule has 1 N–H and O–H groups in total. The van der Waals surface area contributed by atoms with Crippen LogP contribution in [0.1, 0.15) is 85.6 Å². The van der Waals surface area contributed by atoms with Crippen molar-refractivity contribution in [3.05, 3.63) is 35.9 Å². The highest BCUT2D eigenvalue weighted by Crippen LogP contribution is 2.65. The summed E-state index contributed by atoms with van der Waals surface area (Å²) >= 11 is 0. The molecule has 1 aromatic carbocycles. The summed E-state index contributed by atoms with van der Waals surface area (Å²) in [6.07, 6.45) is 5.44. The first-order valence-corrected chi connectivity index (χ1v) is 14.5. The predicted molar refractivity (Wildman–Crippen MR) is 147 cm³/mol. The van der Waals surface area contributed by atoms with E-state index in [0.717, 1.165) is 24.8 Å². The van der Waals surface area contributed by atoms with Crippen molar-refractivity contribution >= 4 is 19.1 Å². The molecule has 5 aliphatic rings. The molecule has 2 bridgehead atoms. The molecule has 1 aromatic rings. The minimum atomic E-state index is -0.531. The smallest absolute Gasteiger partial charge is 0.444 e. The summed E-state index contributed by atoms with van der Waals surface area (Å²) < 4.78 is 18.9. The summed E-state index contributed by atoms with van der Waals surface area (Å²) in [5.74, 6) is 0.837. The van der Waals surface area contributed by atoms with Gasteiger partial charge < -0.3 is 24.3 Å². The van der Waals surface area contributed by atoms with Crippen LogP contribution in [-0.4, -0.2) is 59.9 Å². The molecule has 0 radical (unpaired) electrons. The van der Waals surface area contributed by atoms with Gasteiger partial charge in [0.05, 0.1) is 17.6 Å². The Bertz CT molecular complexity index is 1030. The maximum absolute atomic E-state index is 13.3. The average molecular weight is 525 g/mol. The van der Waals surface area contributed by atoms with E-state index in [1.165, 1.54) is 6.42 Å². The molecule has 3 saturated carbocycles. The molecule has 1 unspecified atom stereocenters. The highest BCUT2D eigenvalue weighted by molar-refractivity contribution is 6.48. The Morgan fingerprint density at radius 2 is 1.92 bits per heavy atom. The highest BCUT2D eigenvalue weighted by atomic mass is 16.7. The summed E-state index contributed by atoms with van der Waals surface area (Å²) in [4.78, 5) is 27.7. The second-order valence-electron chi connectivity index (χ2n) is 13.7. The minimum Gasteiger partial charge on any atom is -0.444 e. The fourth-order valence-electron chi connectivity index (χ4n) is 7.43. The Morgan fingerprint density at radius 1 is 1.18 bits per heavy atom. The molecular formula is C30H45BN2O5. The van der Waals surface area contributed by atoms with Gasteiger partial charge in [-0.3, -0.25) is 4.79 Å². The summed E-state index contributed by atoms with van der Waals surface area (Å²) in [6.45, 7) is 13.2. The van der Waals surface area contributed by atoms with E-state index in [-0.39, 0.29) is 41.1 Å². The molecule has 6 atom stereocenters. The van der Waals surface area contributed by atoms with Crippen molar-refractivity contribution in [1.82, 2.24) is 10.2 Å². The van der Waals surface area contributed by atoms with Gasteiger partial charge in [-0.2, -0.15) is 0 Å². The van der Waals surface area contributed by atoms with Gasteiger partial charge in [0.2, 0.25) is 5.91 Å². The number of ether oxygens (including phenoxy) is 1. The number of hydrogen-bond acceptors (Lipinski definition) is 5. The van der Waals surface area contributed by atoms with Crippen molar-refractivity contribution in [2.75, 3.05) is 6.54 Å². The van der Waals surface area contributed by atoms with Crippen LogP contribution in [0.4, 0.5) is 4.79 Å². The molecule has 3 aliphatic carbocycles. The van der Waals surface area contributed by atoms with Crippen LogP contribution < -0.4 is 5.32 Å². The van der Waals surface area contributed by atoms with Crippen molar-refractivity contribution in [3.8, 4) is 0 Å². The zero-order valence-electron chi connectivity index (χ0n) is 24.0. The van der Waals surface area contributed by atoms with E-state index in [9.17, 15) is 9.59 Å². The van der Waals surface area contributed by atoms with E-state index in [1.54, 1.807) is 4.90 Å². The molecule has 7 nitrogen and oxygen atoms in total. The van der Waals surface area contributed by atoms with E-state index >= 15 is 0 Å². The number of nitrogens with zero attached hydrogens (tertiary/aromatic N) is 1. The lowest BCUT2D eigenvalue weighted by molar-refractivity contribution is -0.199. The number of likely N-dealkylation sites (tertiary alicyclic amines) is 1. The summed E-state index contributed by atoms with van der Waals surface area (Å²) in [7, 11) is -0.478. The Kier molecular flexibility index (Phi) is 7.36. The van der Waals surface area contributed by atoms with Crippen LogP contribution in [0.3, 0.4) is 0 Å². The fourth-order valence-corrected chi connectivity index (χ4v) is 7.43. The second-order valence-corrected chi connectivity index (χ2v) is 13.7. The number of carbonyl (C=O) groups excluding carboxylic acids is 2. The largest absolute Gasteiger partial charge is 0.482 e. The molecule has 0 aromatic heterocycles. The lowest BCUT2D eigenvalue weighted by atomic mass is 9.43. The number of rotatable bonds is 7. The Hall–Kier alpha value is -2.06. The normalized spacial score (nSPS) is 32.4. The molecule has 5 fully saturated rings. The summed E-state index contributed by atoms with van der Waals surface area (Å²) in [5, 5.41) is 3.27. The van der Waals surface area contributed by atoms with Crippen molar-refractivity contribution in [3.63, 3.8) is 0 Å². The van der Waals surface area contributed by atoms with Crippen LogP contribution in [0, 0.1) is 17.3 Å². The van der Waals surface area contributed by atoms with Gasteiger partial charge in [-0.15, -0.1) is 0 Å². The van der Waals surface area contributed by atoms with Gasteiger partial charge in [-0.25, -0.2) is 4.79 Å². The first-order valence-electron chi connectivity index (χ1n) is 14.5. The highest BCUT2D eigenvalue weighted by Gasteiger charge is 2.68. The molecule has 2 amide bonds.